The van der Waals surface area contributed by atoms with E-state index in [4.69, 9.17) is 0 Å². The molecule has 0 atom stereocenters. The number of hydrogen-bond donors (Lipinski definition) is 1. The molecule has 0 aliphatic carbocycles. The monoisotopic (exact) mass is 443 g/mol. The molecule has 2 aromatic rings. The first-order valence-corrected chi connectivity index (χ1v) is 8.51. The van der Waals surface area contributed by atoms with Crippen molar-refractivity contribution in [1.29, 1.82) is 0 Å². The molecule has 5 nitrogen and oxygen atoms in total. The number of aryl methyl sites for hydroxylation is 2. The standard InChI is InChI=1S/C18H29N5.HI/c1-5-6-13-22(4)18(19-3)20-12-9-14-23-15(2)21-16-10-7-8-11-17(16)23;/h7-8,10-11H,5-6,9,12-14H2,1-4H3,(H,19,20);1H. The maximum Gasteiger partial charge on any atom is 0.193 e. The molecule has 0 aliphatic rings. The van der Waals surface area contributed by atoms with Gasteiger partial charge >= 0.3 is 0 Å². The van der Waals surface area contributed by atoms with Crippen LogP contribution in [-0.2, 0) is 6.54 Å². The van der Waals surface area contributed by atoms with Crippen LogP contribution in [0.15, 0.2) is 29.3 Å². The van der Waals surface area contributed by atoms with Gasteiger partial charge in [0.15, 0.2) is 5.96 Å². The van der Waals surface area contributed by atoms with E-state index < -0.39 is 0 Å². The molecular formula is C18H30IN5. The highest BCUT2D eigenvalue weighted by Crippen LogP contribution is 2.15. The summed E-state index contributed by atoms with van der Waals surface area (Å²) in [4.78, 5) is 11.2. The summed E-state index contributed by atoms with van der Waals surface area (Å²) < 4.78 is 2.29. The maximum atomic E-state index is 4.62. The Bertz CT molecular complexity index is 650. The molecule has 1 aromatic heterocycles. The first-order valence-electron chi connectivity index (χ1n) is 8.51. The molecule has 0 saturated carbocycles. The molecule has 24 heavy (non-hydrogen) atoms. The number of benzene rings is 1. The fourth-order valence-electron chi connectivity index (χ4n) is 2.80. The highest BCUT2D eigenvalue weighted by molar-refractivity contribution is 14.0. The highest BCUT2D eigenvalue weighted by atomic mass is 127. The van der Waals surface area contributed by atoms with E-state index in [1.165, 1.54) is 18.4 Å². The van der Waals surface area contributed by atoms with Crippen LogP contribution in [0.1, 0.15) is 32.0 Å². The normalized spacial score (nSPS) is 11.4. The van der Waals surface area contributed by atoms with Gasteiger partial charge in [0.1, 0.15) is 5.82 Å². The zero-order chi connectivity index (χ0) is 16.7. The molecule has 0 radical (unpaired) electrons. The lowest BCUT2D eigenvalue weighted by Crippen LogP contribution is -2.40. The molecule has 0 unspecified atom stereocenters. The minimum absolute atomic E-state index is 0. The lowest BCUT2D eigenvalue weighted by Gasteiger charge is -2.21. The fraction of sp³-hybridized carbons (Fsp3) is 0.556. The third-order valence-corrected chi connectivity index (χ3v) is 4.11. The molecule has 6 heteroatoms. The van der Waals surface area contributed by atoms with Crippen LogP contribution in [0, 0.1) is 6.92 Å². The van der Waals surface area contributed by atoms with Crippen molar-refractivity contribution >= 4 is 41.0 Å². The summed E-state index contributed by atoms with van der Waals surface area (Å²) in [6, 6.07) is 8.32. The first kappa shape index (κ1) is 20.7. The van der Waals surface area contributed by atoms with Crippen molar-refractivity contribution in [2.45, 2.75) is 39.7 Å². The summed E-state index contributed by atoms with van der Waals surface area (Å²) in [5, 5.41) is 3.45. The Hall–Kier alpha value is -1.31. The van der Waals surface area contributed by atoms with Gasteiger partial charge in [-0.25, -0.2) is 4.98 Å². The minimum atomic E-state index is 0. The molecule has 0 aliphatic heterocycles. The number of fused-ring (bicyclic) bond motifs is 1. The van der Waals surface area contributed by atoms with Crippen molar-refractivity contribution < 1.29 is 0 Å². The Kier molecular flexibility index (Phi) is 9.10. The van der Waals surface area contributed by atoms with Gasteiger partial charge in [-0.1, -0.05) is 25.5 Å². The average molecular weight is 443 g/mol. The van der Waals surface area contributed by atoms with Crippen LogP contribution < -0.4 is 5.32 Å². The van der Waals surface area contributed by atoms with Gasteiger partial charge in [0.25, 0.3) is 0 Å². The Morgan fingerprint density at radius 1 is 1.29 bits per heavy atom. The van der Waals surface area contributed by atoms with E-state index in [9.17, 15) is 0 Å². The molecule has 1 aromatic carbocycles. The first-order chi connectivity index (χ1) is 11.2. The van der Waals surface area contributed by atoms with Gasteiger partial charge in [0.05, 0.1) is 11.0 Å². The van der Waals surface area contributed by atoms with Crippen LogP contribution >= 0.6 is 24.0 Å². The predicted octanol–water partition coefficient (Wildman–Crippen LogP) is 3.66. The van der Waals surface area contributed by atoms with Gasteiger partial charge in [-0.2, -0.15) is 0 Å². The fourth-order valence-corrected chi connectivity index (χ4v) is 2.80. The molecular weight excluding hydrogens is 413 g/mol. The number of para-hydroxylation sites is 2. The van der Waals surface area contributed by atoms with Crippen molar-refractivity contribution in [3.63, 3.8) is 0 Å². The number of nitrogens with zero attached hydrogens (tertiary/aromatic N) is 4. The SMILES string of the molecule is CCCCN(C)C(=NC)NCCCn1c(C)nc2ccccc21.I. The van der Waals surface area contributed by atoms with Crippen LogP contribution in [0.5, 0.6) is 0 Å². The second kappa shape index (κ2) is 10.5. The molecule has 1 heterocycles. The number of unbranched alkanes of at least 4 members (excludes halogenated alkanes) is 1. The number of guanidine groups is 1. The molecule has 1 N–H and O–H groups in total. The van der Waals surface area contributed by atoms with E-state index in [0.29, 0.717) is 0 Å². The van der Waals surface area contributed by atoms with Gasteiger partial charge < -0.3 is 14.8 Å². The van der Waals surface area contributed by atoms with Gasteiger partial charge in [-0.05, 0) is 31.9 Å². The number of rotatable bonds is 7. The summed E-state index contributed by atoms with van der Waals surface area (Å²) in [6.45, 7) is 7.21. The van der Waals surface area contributed by atoms with Crippen LogP contribution in [0.2, 0.25) is 0 Å². The molecule has 0 saturated heterocycles. The number of aromatic nitrogens is 2. The summed E-state index contributed by atoms with van der Waals surface area (Å²) in [5.74, 6) is 2.06. The lowest BCUT2D eigenvalue weighted by molar-refractivity contribution is 0.462. The van der Waals surface area contributed by atoms with Crippen molar-refractivity contribution in [1.82, 2.24) is 19.8 Å². The molecule has 2 rings (SSSR count). The topological polar surface area (TPSA) is 45.5 Å². The molecule has 0 spiro atoms. The quantitative estimate of drug-likeness (QED) is 0.308. The van der Waals surface area contributed by atoms with Crippen LogP contribution in [0.4, 0.5) is 0 Å². The van der Waals surface area contributed by atoms with E-state index in [2.05, 4.69) is 63.9 Å². The third-order valence-electron chi connectivity index (χ3n) is 4.11. The van der Waals surface area contributed by atoms with Gasteiger partial charge in [-0.15, -0.1) is 24.0 Å². The van der Waals surface area contributed by atoms with E-state index in [1.54, 1.807) is 0 Å². The number of imidazole rings is 1. The van der Waals surface area contributed by atoms with Crippen LogP contribution in [0.25, 0.3) is 11.0 Å². The lowest BCUT2D eigenvalue weighted by atomic mass is 10.3. The van der Waals surface area contributed by atoms with Gasteiger partial charge in [0, 0.05) is 33.7 Å². The van der Waals surface area contributed by atoms with Crippen molar-refractivity contribution in [2.24, 2.45) is 4.99 Å². The van der Waals surface area contributed by atoms with E-state index in [-0.39, 0.29) is 24.0 Å². The summed E-state index contributed by atoms with van der Waals surface area (Å²) in [5.41, 5.74) is 2.29. The largest absolute Gasteiger partial charge is 0.356 e. The average Bonchev–Trinajstić information content (AvgIpc) is 2.88. The number of nitrogens with one attached hydrogen (secondary N) is 1. The molecule has 0 bridgehead atoms. The Labute approximate surface area is 162 Å². The van der Waals surface area contributed by atoms with Gasteiger partial charge in [0.2, 0.25) is 0 Å². The number of aliphatic imine (C=N–C) groups is 1. The number of hydrogen-bond acceptors (Lipinski definition) is 2. The van der Waals surface area contributed by atoms with Crippen molar-refractivity contribution in [3.8, 4) is 0 Å². The second-order valence-electron chi connectivity index (χ2n) is 5.90. The minimum Gasteiger partial charge on any atom is -0.356 e. The summed E-state index contributed by atoms with van der Waals surface area (Å²) in [6.07, 6.45) is 3.44. The summed E-state index contributed by atoms with van der Waals surface area (Å²) in [7, 11) is 3.94. The van der Waals surface area contributed by atoms with E-state index >= 15 is 0 Å². The molecule has 0 fully saturated rings. The van der Waals surface area contributed by atoms with Crippen molar-refractivity contribution in [2.75, 3.05) is 27.2 Å². The molecule has 0 amide bonds. The smallest absolute Gasteiger partial charge is 0.193 e. The van der Waals surface area contributed by atoms with E-state index in [1.807, 2.05) is 13.1 Å². The third kappa shape index (κ3) is 5.36. The van der Waals surface area contributed by atoms with Crippen LogP contribution in [-0.4, -0.2) is 47.6 Å². The van der Waals surface area contributed by atoms with Crippen LogP contribution in [0.3, 0.4) is 0 Å². The van der Waals surface area contributed by atoms with Gasteiger partial charge in [-0.3, -0.25) is 4.99 Å². The predicted molar refractivity (Wildman–Crippen MR) is 113 cm³/mol. The van der Waals surface area contributed by atoms with Crippen molar-refractivity contribution in [3.05, 3.63) is 30.1 Å². The van der Waals surface area contributed by atoms with E-state index in [0.717, 1.165) is 43.4 Å². The Balaban J connectivity index is 0.00000288. The maximum absolute atomic E-state index is 4.62. The summed E-state index contributed by atoms with van der Waals surface area (Å²) >= 11 is 0. The zero-order valence-corrected chi connectivity index (χ0v) is 17.6. The Morgan fingerprint density at radius 2 is 2.04 bits per heavy atom. The second-order valence-corrected chi connectivity index (χ2v) is 5.90. The Morgan fingerprint density at radius 3 is 2.75 bits per heavy atom. The molecule has 134 valence electrons. The zero-order valence-electron chi connectivity index (χ0n) is 15.2. The number of halogens is 1. The highest BCUT2D eigenvalue weighted by Gasteiger charge is 2.07.